The molecule has 0 spiro atoms. The molecule has 0 bridgehead atoms. The van der Waals surface area contributed by atoms with E-state index >= 15 is 0 Å². The summed E-state index contributed by atoms with van der Waals surface area (Å²) in [5, 5.41) is 19.7. The lowest BCUT2D eigenvalue weighted by molar-refractivity contribution is 0.0694. The summed E-state index contributed by atoms with van der Waals surface area (Å²) >= 11 is 0. The smallest absolute Gasteiger partial charge is 0.339 e. The molecule has 0 amide bonds. The highest BCUT2D eigenvalue weighted by atomic mass is 16.4. The zero-order valence-electron chi connectivity index (χ0n) is 7.77. The molecule has 4 nitrogen and oxygen atoms in total. The van der Waals surface area contributed by atoms with Crippen LogP contribution in [0.3, 0.4) is 0 Å². The highest BCUT2D eigenvalue weighted by molar-refractivity contribution is 5.98. The standard InChI is InChI=1S/C11H9NO3/c12-8-2-1-6-5-10(13)9(11(14)15)4-7(6)3-8/h1-5,13H,12H2,(H,14,15). The summed E-state index contributed by atoms with van der Waals surface area (Å²) < 4.78 is 0. The normalized spacial score (nSPS) is 10.4. The van der Waals surface area contributed by atoms with Crippen LogP contribution in [0.4, 0.5) is 5.69 Å². The number of rotatable bonds is 1. The van der Waals surface area contributed by atoms with E-state index in [4.69, 9.17) is 10.8 Å². The number of nitrogens with two attached hydrogens (primary N) is 1. The Balaban J connectivity index is 2.77. The molecule has 0 heterocycles. The molecule has 0 saturated heterocycles. The van der Waals surface area contributed by atoms with Crippen LogP contribution in [0.25, 0.3) is 10.8 Å². The van der Waals surface area contributed by atoms with Crippen LogP contribution in [0, 0.1) is 0 Å². The van der Waals surface area contributed by atoms with Crippen LogP contribution in [0.2, 0.25) is 0 Å². The van der Waals surface area contributed by atoms with Gasteiger partial charge in [-0.2, -0.15) is 0 Å². The molecule has 0 saturated carbocycles. The maximum atomic E-state index is 10.8. The van der Waals surface area contributed by atoms with Gasteiger partial charge in [0.1, 0.15) is 11.3 Å². The number of hydrogen-bond acceptors (Lipinski definition) is 3. The molecular formula is C11H9NO3. The Morgan fingerprint density at radius 2 is 1.87 bits per heavy atom. The molecule has 4 heteroatoms. The summed E-state index contributed by atoms with van der Waals surface area (Å²) in [5.41, 5.74) is 6.02. The molecule has 2 aromatic carbocycles. The Labute approximate surface area is 85.6 Å². The second-order valence-electron chi connectivity index (χ2n) is 3.28. The van der Waals surface area contributed by atoms with Crippen molar-refractivity contribution >= 4 is 22.4 Å². The van der Waals surface area contributed by atoms with Gasteiger partial charge in [-0.05, 0) is 35.0 Å². The van der Waals surface area contributed by atoms with Gasteiger partial charge in [0.25, 0.3) is 0 Å². The van der Waals surface area contributed by atoms with Crippen molar-refractivity contribution in [2.45, 2.75) is 0 Å². The predicted octanol–water partition coefficient (Wildman–Crippen LogP) is 1.83. The average molecular weight is 203 g/mol. The van der Waals surface area contributed by atoms with Crippen molar-refractivity contribution in [2.24, 2.45) is 0 Å². The second-order valence-corrected chi connectivity index (χ2v) is 3.28. The lowest BCUT2D eigenvalue weighted by Crippen LogP contribution is -1.96. The summed E-state index contributed by atoms with van der Waals surface area (Å²) in [6, 6.07) is 7.92. The van der Waals surface area contributed by atoms with Crippen LogP contribution in [-0.2, 0) is 0 Å². The van der Waals surface area contributed by atoms with Gasteiger partial charge in [-0.3, -0.25) is 0 Å². The van der Waals surface area contributed by atoms with Crippen LogP contribution < -0.4 is 5.73 Å². The molecule has 0 aliphatic carbocycles. The summed E-state index contributed by atoms with van der Waals surface area (Å²) in [7, 11) is 0. The molecule has 15 heavy (non-hydrogen) atoms. The largest absolute Gasteiger partial charge is 0.507 e. The van der Waals surface area contributed by atoms with Crippen molar-refractivity contribution in [3.8, 4) is 5.75 Å². The molecule has 2 rings (SSSR count). The predicted molar refractivity (Wildman–Crippen MR) is 57.0 cm³/mol. The number of aromatic carboxylic acids is 1. The molecule has 76 valence electrons. The van der Waals surface area contributed by atoms with Crippen LogP contribution in [0.5, 0.6) is 5.75 Å². The molecule has 0 aliphatic rings. The Morgan fingerprint density at radius 3 is 2.53 bits per heavy atom. The molecule has 0 aromatic heterocycles. The Hall–Kier alpha value is -2.23. The van der Waals surface area contributed by atoms with Gasteiger partial charge >= 0.3 is 5.97 Å². The highest BCUT2D eigenvalue weighted by Gasteiger charge is 2.10. The zero-order valence-corrected chi connectivity index (χ0v) is 7.77. The number of carboxylic acid groups (broad SMARTS) is 1. The summed E-state index contributed by atoms with van der Waals surface area (Å²) in [6.07, 6.45) is 0. The Morgan fingerprint density at radius 1 is 1.13 bits per heavy atom. The quantitative estimate of drug-likeness (QED) is 0.617. The maximum Gasteiger partial charge on any atom is 0.339 e. The first kappa shape index (κ1) is 9.33. The molecule has 4 N–H and O–H groups in total. The Kier molecular flexibility index (Phi) is 1.97. The first-order chi connectivity index (χ1) is 7.08. The Bertz CT molecular complexity index is 549. The number of aromatic hydroxyl groups is 1. The van der Waals surface area contributed by atoms with E-state index in [1.165, 1.54) is 12.1 Å². The molecule has 2 aromatic rings. The van der Waals surface area contributed by atoms with Gasteiger partial charge in [-0.15, -0.1) is 0 Å². The van der Waals surface area contributed by atoms with Crippen LogP contribution in [0.15, 0.2) is 30.3 Å². The molecular weight excluding hydrogens is 194 g/mol. The first-order valence-corrected chi connectivity index (χ1v) is 4.33. The lowest BCUT2D eigenvalue weighted by atomic mass is 10.1. The van der Waals surface area contributed by atoms with Gasteiger partial charge in [-0.25, -0.2) is 4.79 Å². The van der Waals surface area contributed by atoms with Crippen molar-refractivity contribution in [1.82, 2.24) is 0 Å². The fourth-order valence-corrected chi connectivity index (χ4v) is 1.48. The van der Waals surface area contributed by atoms with Gasteiger partial charge in [-0.1, -0.05) is 6.07 Å². The van der Waals surface area contributed by atoms with Crippen molar-refractivity contribution in [1.29, 1.82) is 0 Å². The van der Waals surface area contributed by atoms with E-state index in [0.29, 0.717) is 11.1 Å². The minimum atomic E-state index is -1.16. The number of carboxylic acids is 1. The third kappa shape index (κ3) is 1.57. The molecule has 0 aliphatic heterocycles. The third-order valence-corrected chi connectivity index (χ3v) is 2.21. The number of hydrogen-bond donors (Lipinski definition) is 3. The SMILES string of the molecule is Nc1ccc2cc(O)c(C(=O)O)cc2c1. The van der Waals surface area contributed by atoms with E-state index < -0.39 is 5.97 Å². The van der Waals surface area contributed by atoms with Gasteiger partial charge in [0.05, 0.1) is 0 Å². The highest BCUT2D eigenvalue weighted by Crippen LogP contribution is 2.26. The third-order valence-electron chi connectivity index (χ3n) is 2.21. The van der Waals surface area contributed by atoms with Crippen molar-refractivity contribution in [3.63, 3.8) is 0 Å². The van der Waals surface area contributed by atoms with Crippen LogP contribution in [-0.4, -0.2) is 16.2 Å². The van der Waals surface area contributed by atoms with Crippen molar-refractivity contribution < 1.29 is 15.0 Å². The van der Waals surface area contributed by atoms with E-state index in [0.717, 1.165) is 5.39 Å². The monoisotopic (exact) mass is 203 g/mol. The van der Waals surface area contributed by atoms with E-state index in [2.05, 4.69) is 0 Å². The summed E-state index contributed by atoms with van der Waals surface area (Å²) in [6.45, 7) is 0. The number of carbonyl (C=O) groups is 1. The molecule has 0 radical (unpaired) electrons. The average Bonchev–Trinajstić information content (AvgIpc) is 2.17. The minimum Gasteiger partial charge on any atom is -0.507 e. The fraction of sp³-hybridized carbons (Fsp3) is 0. The van der Waals surface area contributed by atoms with Crippen LogP contribution >= 0.6 is 0 Å². The van der Waals surface area contributed by atoms with E-state index in [1.807, 2.05) is 0 Å². The first-order valence-electron chi connectivity index (χ1n) is 4.33. The van der Waals surface area contributed by atoms with Gasteiger partial charge in [0, 0.05) is 5.69 Å². The van der Waals surface area contributed by atoms with Crippen LogP contribution in [0.1, 0.15) is 10.4 Å². The van der Waals surface area contributed by atoms with E-state index in [1.54, 1.807) is 18.2 Å². The number of nitrogen functional groups attached to an aromatic ring is 1. The fourth-order valence-electron chi connectivity index (χ4n) is 1.48. The van der Waals surface area contributed by atoms with Gasteiger partial charge in [0.15, 0.2) is 0 Å². The second kappa shape index (κ2) is 3.16. The van der Waals surface area contributed by atoms with Gasteiger partial charge < -0.3 is 15.9 Å². The molecule has 0 unspecified atom stereocenters. The van der Waals surface area contributed by atoms with Crippen molar-refractivity contribution in [2.75, 3.05) is 5.73 Å². The number of anilines is 1. The minimum absolute atomic E-state index is 0.117. The zero-order chi connectivity index (χ0) is 11.0. The summed E-state index contributed by atoms with van der Waals surface area (Å²) in [5.74, 6) is -1.39. The lowest BCUT2D eigenvalue weighted by Gasteiger charge is -2.03. The van der Waals surface area contributed by atoms with E-state index in [-0.39, 0.29) is 11.3 Å². The van der Waals surface area contributed by atoms with Gasteiger partial charge in [0.2, 0.25) is 0 Å². The van der Waals surface area contributed by atoms with Crippen molar-refractivity contribution in [3.05, 3.63) is 35.9 Å². The number of benzene rings is 2. The maximum absolute atomic E-state index is 10.8. The van der Waals surface area contributed by atoms with E-state index in [9.17, 15) is 9.90 Å². The summed E-state index contributed by atoms with van der Waals surface area (Å²) in [4.78, 5) is 10.8. The number of fused-ring (bicyclic) bond motifs is 1. The topological polar surface area (TPSA) is 83.5 Å². The molecule has 0 atom stereocenters. The molecule has 0 fully saturated rings. The number of phenols is 1.